The van der Waals surface area contributed by atoms with Crippen molar-refractivity contribution in [2.45, 2.75) is 13.1 Å². The third-order valence-electron chi connectivity index (χ3n) is 3.12. The predicted molar refractivity (Wildman–Crippen MR) is 73.8 cm³/mol. The Hall–Kier alpha value is -3.30. The highest BCUT2D eigenvalue weighted by Crippen LogP contribution is 2.38. The number of aromatic nitrogens is 2. The van der Waals surface area contributed by atoms with Gasteiger partial charge in [-0.05, 0) is 6.92 Å². The zero-order chi connectivity index (χ0) is 20.5. The van der Waals surface area contributed by atoms with E-state index in [2.05, 4.69) is 9.84 Å². The van der Waals surface area contributed by atoms with E-state index in [0.29, 0.717) is 6.20 Å². The molecule has 2 rings (SSSR count). The highest BCUT2D eigenvalue weighted by Gasteiger charge is 2.43. The fraction of sp³-hybridized carbons (Fsp3) is 0.214. The Bertz CT molecular complexity index is 917. The van der Waals surface area contributed by atoms with Gasteiger partial charge in [0, 0.05) is 0 Å². The van der Waals surface area contributed by atoms with Gasteiger partial charge >= 0.3 is 12.3 Å². The molecule has 0 bridgehead atoms. The molecule has 1 heterocycles. The van der Waals surface area contributed by atoms with E-state index in [-0.39, 0.29) is 11.3 Å². The minimum absolute atomic E-state index is 0.0342. The summed E-state index contributed by atoms with van der Waals surface area (Å²) in [6, 6.07) is 1.47. The van der Waals surface area contributed by atoms with Crippen molar-refractivity contribution in [1.82, 2.24) is 9.78 Å². The molecule has 1 aromatic heterocycles. The number of amides is 1. The normalized spacial score (nSPS) is 11.2. The van der Waals surface area contributed by atoms with E-state index < -0.39 is 58.2 Å². The summed E-state index contributed by atoms with van der Waals surface area (Å²) in [6.45, 7) is 1.26. The molecule has 0 saturated carbocycles. The molecule has 0 aliphatic carbocycles. The highest BCUT2D eigenvalue weighted by atomic mass is 19.4. The van der Waals surface area contributed by atoms with Crippen LogP contribution in [0.3, 0.4) is 0 Å². The topological polar surface area (TPSA) is 79.9 Å². The molecule has 0 spiro atoms. The zero-order valence-corrected chi connectivity index (χ0v) is 13.1. The fourth-order valence-corrected chi connectivity index (χ4v) is 2.04. The summed E-state index contributed by atoms with van der Waals surface area (Å²) in [5, 5.41) is 14.1. The summed E-state index contributed by atoms with van der Waals surface area (Å²) in [5.41, 5.74) is -4.98. The van der Waals surface area contributed by atoms with Crippen LogP contribution in [0, 0.1) is 34.6 Å². The number of nitrogens with zero attached hydrogens (tertiary/aromatic N) is 3. The van der Waals surface area contributed by atoms with Gasteiger partial charge in [-0.25, -0.2) is 27.0 Å². The van der Waals surface area contributed by atoms with Gasteiger partial charge < -0.3 is 4.74 Å². The van der Waals surface area contributed by atoms with E-state index in [1.54, 1.807) is 0 Å². The molecular weight excluding hydrogens is 389 g/mol. The number of anilines is 1. The minimum atomic E-state index is -5.72. The third kappa shape index (κ3) is 3.50. The van der Waals surface area contributed by atoms with Gasteiger partial charge in [0.1, 0.15) is 22.9 Å². The van der Waals surface area contributed by atoms with Crippen LogP contribution in [-0.4, -0.2) is 22.5 Å². The number of alkyl halides is 3. The molecule has 0 aliphatic heterocycles. The van der Waals surface area contributed by atoms with Gasteiger partial charge in [-0.2, -0.15) is 23.5 Å². The van der Waals surface area contributed by atoms with E-state index in [9.17, 15) is 35.5 Å². The molecule has 1 amide bonds. The SMILES string of the molecule is CCOC(=O)Nc1c(C#N)cnn1-c1c(F)c(F)c(C(F)(F)F)c(F)c1F. The molecule has 0 saturated heterocycles. The quantitative estimate of drug-likeness (QED) is 0.631. The van der Waals surface area contributed by atoms with Crippen LogP contribution < -0.4 is 5.32 Å². The fourth-order valence-electron chi connectivity index (χ4n) is 2.04. The van der Waals surface area contributed by atoms with Crippen LogP contribution in [0.1, 0.15) is 18.1 Å². The maximum atomic E-state index is 14.1. The number of rotatable bonds is 3. The van der Waals surface area contributed by atoms with Crippen molar-refractivity contribution in [2.24, 2.45) is 0 Å². The Kier molecular flexibility index (Phi) is 5.29. The first-order valence-corrected chi connectivity index (χ1v) is 6.89. The van der Waals surface area contributed by atoms with Crippen LogP contribution in [0.5, 0.6) is 0 Å². The molecule has 0 fully saturated rings. The maximum Gasteiger partial charge on any atom is 0.422 e. The summed E-state index contributed by atoms with van der Waals surface area (Å²) in [5.74, 6) is -11.1. The lowest BCUT2D eigenvalue weighted by Crippen LogP contribution is -2.21. The largest absolute Gasteiger partial charge is 0.450 e. The van der Waals surface area contributed by atoms with Crippen molar-refractivity contribution in [1.29, 1.82) is 5.26 Å². The maximum absolute atomic E-state index is 14.1. The van der Waals surface area contributed by atoms with Gasteiger partial charge in [0.15, 0.2) is 29.1 Å². The summed E-state index contributed by atoms with van der Waals surface area (Å²) < 4.78 is 98.3. The van der Waals surface area contributed by atoms with Crippen LogP contribution in [0.2, 0.25) is 0 Å². The van der Waals surface area contributed by atoms with Crippen LogP contribution in [-0.2, 0) is 10.9 Å². The summed E-state index contributed by atoms with van der Waals surface area (Å²) in [6.07, 6.45) is -6.28. The Morgan fingerprint density at radius 3 is 2.22 bits per heavy atom. The molecule has 0 unspecified atom stereocenters. The minimum Gasteiger partial charge on any atom is -0.450 e. The van der Waals surface area contributed by atoms with Crippen molar-refractivity contribution in [2.75, 3.05) is 11.9 Å². The predicted octanol–water partition coefficient (Wildman–Crippen LogP) is 3.89. The molecule has 13 heteroatoms. The first-order valence-electron chi connectivity index (χ1n) is 6.89. The van der Waals surface area contributed by atoms with E-state index in [1.165, 1.54) is 13.0 Å². The summed E-state index contributed by atoms with van der Waals surface area (Å²) >= 11 is 0. The molecule has 1 aromatic carbocycles. The standard InChI is InChI=1S/C14H7F7N4O2/c1-2-27-13(26)24-12-5(3-22)4-23-25(12)11-9(17)7(15)6(14(19,20)21)8(16)10(11)18/h4H,2H2,1H3,(H,24,26). The second-order valence-corrected chi connectivity index (χ2v) is 4.75. The van der Waals surface area contributed by atoms with E-state index in [1.807, 2.05) is 5.32 Å². The number of hydrogen-bond donors (Lipinski definition) is 1. The average Bonchev–Trinajstić information content (AvgIpc) is 2.95. The van der Waals surface area contributed by atoms with Gasteiger partial charge in [-0.15, -0.1) is 0 Å². The molecule has 27 heavy (non-hydrogen) atoms. The molecule has 6 nitrogen and oxygen atoms in total. The molecule has 0 aliphatic rings. The lowest BCUT2D eigenvalue weighted by molar-refractivity contribution is -0.143. The van der Waals surface area contributed by atoms with Crippen LogP contribution in [0.4, 0.5) is 41.3 Å². The van der Waals surface area contributed by atoms with Crippen molar-refractivity contribution in [3.8, 4) is 11.8 Å². The molecule has 1 N–H and O–H groups in total. The molecule has 0 atom stereocenters. The molecule has 144 valence electrons. The zero-order valence-electron chi connectivity index (χ0n) is 13.1. The van der Waals surface area contributed by atoms with Crippen molar-refractivity contribution in [3.05, 3.63) is 40.6 Å². The lowest BCUT2D eigenvalue weighted by atomic mass is 10.1. The van der Waals surface area contributed by atoms with Crippen molar-refractivity contribution >= 4 is 11.9 Å². The first-order chi connectivity index (χ1) is 12.5. The first kappa shape index (κ1) is 20.0. The smallest absolute Gasteiger partial charge is 0.422 e. The molecule has 2 aromatic rings. The van der Waals surface area contributed by atoms with Crippen LogP contribution in [0.25, 0.3) is 5.69 Å². The van der Waals surface area contributed by atoms with Crippen molar-refractivity contribution in [3.63, 3.8) is 0 Å². The van der Waals surface area contributed by atoms with Gasteiger partial charge in [0.05, 0.1) is 12.8 Å². The van der Waals surface area contributed by atoms with E-state index in [4.69, 9.17) is 5.26 Å². The van der Waals surface area contributed by atoms with Gasteiger partial charge in [-0.1, -0.05) is 0 Å². The van der Waals surface area contributed by atoms with E-state index >= 15 is 0 Å². The number of nitriles is 1. The molecular formula is C14H7F7N4O2. The lowest BCUT2D eigenvalue weighted by Gasteiger charge is -2.15. The molecule has 0 radical (unpaired) electrons. The number of benzene rings is 1. The Balaban J connectivity index is 2.76. The monoisotopic (exact) mass is 396 g/mol. The Morgan fingerprint density at radius 2 is 1.78 bits per heavy atom. The van der Waals surface area contributed by atoms with Crippen LogP contribution in [0.15, 0.2) is 6.20 Å². The number of nitrogens with one attached hydrogen (secondary N) is 1. The highest BCUT2D eigenvalue weighted by molar-refractivity contribution is 5.85. The van der Waals surface area contributed by atoms with Gasteiger partial charge in [0.25, 0.3) is 0 Å². The second kappa shape index (κ2) is 7.14. The number of carbonyl (C=O) groups excluding carboxylic acids is 1. The average molecular weight is 396 g/mol. The van der Waals surface area contributed by atoms with Gasteiger partial charge in [-0.3, -0.25) is 5.32 Å². The number of carbonyl (C=O) groups is 1. The third-order valence-corrected chi connectivity index (χ3v) is 3.12. The Morgan fingerprint density at radius 1 is 1.22 bits per heavy atom. The Labute approximate surface area is 145 Å². The van der Waals surface area contributed by atoms with Gasteiger partial charge in [0.2, 0.25) is 0 Å². The van der Waals surface area contributed by atoms with E-state index in [0.717, 1.165) is 0 Å². The number of ether oxygens (including phenoxy) is 1. The summed E-state index contributed by atoms with van der Waals surface area (Å²) in [7, 11) is 0. The second-order valence-electron chi connectivity index (χ2n) is 4.75. The number of hydrogen-bond acceptors (Lipinski definition) is 4. The number of halogens is 7. The van der Waals surface area contributed by atoms with Crippen LogP contribution >= 0.6 is 0 Å². The summed E-state index contributed by atoms with van der Waals surface area (Å²) in [4.78, 5) is 11.5. The van der Waals surface area contributed by atoms with Crippen molar-refractivity contribution < 1.29 is 40.3 Å².